The van der Waals surface area contributed by atoms with Crippen LogP contribution in [0.2, 0.25) is 0 Å². The number of aliphatic hydroxyl groups is 1. The molecule has 9 heteroatoms. The number of fused-ring (bicyclic) bond motifs is 2. The van der Waals surface area contributed by atoms with Gasteiger partial charge in [0.05, 0.1) is 11.6 Å². The number of phenolic OH excluding ortho intramolecular Hbond substituents is 1. The summed E-state index contributed by atoms with van der Waals surface area (Å²) in [5.74, 6) is -2.53. The third kappa shape index (κ3) is 3.33. The number of halogens is 4. The molecule has 0 radical (unpaired) electrons. The van der Waals surface area contributed by atoms with E-state index in [1.165, 1.54) is 18.2 Å². The topological polar surface area (TPSA) is 85.4 Å². The third-order valence-electron chi connectivity index (χ3n) is 6.00. The van der Waals surface area contributed by atoms with Crippen molar-refractivity contribution in [1.29, 1.82) is 0 Å². The molecule has 0 amide bonds. The lowest BCUT2D eigenvalue weighted by atomic mass is 9.69. The van der Waals surface area contributed by atoms with E-state index < -0.39 is 41.7 Å². The Bertz CT molecular complexity index is 1210. The van der Waals surface area contributed by atoms with Crippen LogP contribution in [0.25, 0.3) is 10.9 Å². The Morgan fingerprint density at radius 3 is 2.61 bits per heavy atom. The monoisotopic (exact) mass is 436 g/mol. The summed E-state index contributed by atoms with van der Waals surface area (Å²) in [6.07, 6.45) is -5.57. The normalized spacial score (nSPS) is 23.5. The summed E-state index contributed by atoms with van der Waals surface area (Å²) in [7, 11) is 0. The molecule has 1 aromatic heterocycles. The zero-order valence-corrected chi connectivity index (χ0v) is 16.4. The van der Waals surface area contributed by atoms with E-state index in [9.17, 15) is 32.6 Å². The molecule has 31 heavy (non-hydrogen) atoms. The molecular formula is C22H20F4N2O3. The van der Waals surface area contributed by atoms with Crippen molar-refractivity contribution in [1.82, 2.24) is 4.98 Å². The lowest BCUT2D eigenvalue weighted by Gasteiger charge is -2.45. The minimum Gasteiger partial charge on any atom is -0.505 e. The highest BCUT2D eigenvalue weighted by Gasteiger charge is 2.62. The van der Waals surface area contributed by atoms with Gasteiger partial charge in [0.2, 0.25) is 5.56 Å². The van der Waals surface area contributed by atoms with Crippen molar-refractivity contribution in [2.24, 2.45) is 0 Å². The van der Waals surface area contributed by atoms with Crippen LogP contribution in [0.15, 0.2) is 47.3 Å². The van der Waals surface area contributed by atoms with Gasteiger partial charge < -0.3 is 20.5 Å². The van der Waals surface area contributed by atoms with Crippen LogP contribution in [0.4, 0.5) is 23.2 Å². The molecule has 0 aliphatic heterocycles. The SMILES string of the molecule is CC[C@@H]1C[C@](O)(C(F)(F)F)[C@@H](Nc2cccc3[nH]c(=O)ccc23)c2ccc(F)c(O)c21. The first kappa shape index (κ1) is 21.2. The van der Waals surface area contributed by atoms with E-state index in [0.29, 0.717) is 10.9 Å². The number of nitrogens with one attached hydrogen (secondary N) is 2. The highest BCUT2D eigenvalue weighted by molar-refractivity contribution is 5.91. The number of aromatic hydroxyl groups is 1. The number of pyridine rings is 1. The Kier molecular flexibility index (Phi) is 4.96. The number of aromatic amines is 1. The number of rotatable bonds is 3. The Balaban J connectivity index is 1.94. The fourth-order valence-corrected chi connectivity index (χ4v) is 4.42. The summed E-state index contributed by atoms with van der Waals surface area (Å²) in [5, 5.41) is 24.4. The molecule has 1 aliphatic rings. The molecule has 0 bridgehead atoms. The Labute approximate surface area is 174 Å². The first-order valence-corrected chi connectivity index (χ1v) is 9.75. The smallest absolute Gasteiger partial charge is 0.419 e. The van der Waals surface area contributed by atoms with Crippen LogP contribution < -0.4 is 10.9 Å². The molecule has 0 fully saturated rings. The van der Waals surface area contributed by atoms with Gasteiger partial charge in [0, 0.05) is 22.7 Å². The average molecular weight is 436 g/mol. The van der Waals surface area contributed by atoms with Crippen molar-refractivity contribution in [3.63, 3.8) is 0 Å². The van der Waals surface area contributed by atoms with Gasteiger partial charge in [-0.15, -0.1) is 0 Å². The molecular weight excluding hydrogens is 416 g/mol. The Hall–Kier alpha value is -3.07. The molecule has 0 saturated carbocycles. The molecule has 4 rings (SSSR count). The van der Waals surface area contributed by atoms with E-state index in [0.717, 1.165) is 12.1 Å². The van der Waals surface area contributed by atoms with Crippen molar-refractivity contribution >= 4 is 16.6 Å². The van der Waals surface area contributed by atoms with E-state index in [-0.39, 0.29) is 28.8 Å². The van der Waals surface area contributed by atoms with Crippen LogP contribution in [0.3, 0.4) is 0 Å². The van der Waals surface area contributed by atoms with Gasteiger partial charge in [-0.25, -0.2) is 4.39 Å². The quantitative estimate of drug-likeness (QED) is 0.448. The fourth-order valence-electron chi connectivity index (χ4n) is 4.42. The lowest BCUT2D eigenvalue weighted by Crippen LogP contribution is -2.55. The van der Waals surface area contributed by atoms with Gasteiger partial charge in [0.1, 0.15) is 0 Å². The van der Waals surface area contributed by atoms with E-state index in [4.69, 9.17) is 0 Å². The second-order valence-electron chi connectivity index (χ2n) is 7.80. The van der Waals surface area contributed by atoms with Crippen molar-refractivity contribution in [3.05, 3.63) is 69.8 Å². The van der Waals surface area contributed by atoms with Gasteiger partial charge in [-0.1, -0.05) is 19.1 Å². The zero-order valence-electron chi connectivity index (χ0n) is 16.4. The van der Waals surface area contributed by atoms with E-state index in [1.807, 2.05) is 0 Å². The first-order valence-electron chi connectivity index (χ1n) is 9.75. The number of aromatic nitrogens is 1. The maximum absolute atomic E-state index is 14.2. The molecule has 164 valence electrons. The first-order chi connectivity index (χ1) is 14.6. The summed E-state index contributed by atoms with van der Waals surface area (Å²) >= 11 is 0. The molecule has 1 heterocycles. The molecule has 4 N–H and O–H groups in total. The van der Waals surface area contributed by atoms with Crippen molar-refractivity contribution < 1.29 is 27.8 Å². The summed E-state index contributed by atoms with van der Waals surface area (Å²) in [4.78, 5) is 14.2. The standard InChI is InChI=1S/C22H20F4N2O3/c1-2-11-10-21(31,22(24,25)26)20(13-6-8-14(23)19(30)18(11)13)28-16-5-3-4-15-12(16)7-9-17(29)27-15/h3-9,11,20,28,30-31H,2,10H2,1H3,(H,27,29)/t11-,20+,21-/m1/s1. The number of phenols is 1. The number of benzene rings is 2. The van der Waals surface area contributed by atoms with Crippen LogP contribution in [-0.2, 0) is 0 Å². The van der Waals surface area contributed by atoms with E-state index in [1.54, 1.807) is 19.1 Å². The molecule has 0 saturated heterocycles. The summed E-state index contributed by atoms with van der Waals surface area (Å²) in [6, 6.07) is 7.71. The molecule has 3 atom stereocenters. The molecule has 5 nitrogen and oxygen atoms in total. The van der Waals surface area contributed by atoms with Gasteiger partial charge in [-0.05, 0) is 48.6 Å². The summed E-state index contributed by atoms with van der Waals surface area (Å²) < 4.78 is 56.5. The predicted molar refractivity (Wildman–Crippen MR) is 108 cm³/mol. The van der Waals surface area contributed by atoms with Gasteiger partial charge in [0.25, 0.3) is 0 Å². The number of hydrogen-bond acceptors (Lipinski definition) is 4. The van der Waals surface area contributed by atoms with Gasteiger partial charge in [-0.3, -0.25) is 4.79 Å². The Morgan fingerprint density at radius 1 is 1.19 bits per heavy atom. The molecule has 3 aromatic rings. The minimum atomic E-state index is -5.00. The molecule has 2 aromatic carbocycles. The Morgan fingerprint density at radius 2 is 1.94 bits per heavy atom. The van der Waals surface area contributed by atoms with Gasteiger partial charge in [0.15, 0.2) is 17.2 Å². The molecule has 1 aliphatic carbocycles. The third-order valence-corrected chi connectivity index (χ3v) is 6.00. The largest absolute Gasteiger partial charge is 0.505 e. The summed E-state index contributed by atoms with van der Waals surface area (Å²) in [5.41, 5.74) is -2.87. The molecule has 0 unspecified atom stereocenters. The fraction of sp³-hybridized carbons (Fsp3) is 0.318. The van der Waals surface area contributed by atoms with Crippen molar-refractivity contribution in [2.75, 3.05) is 5.32 Å². The number of H-pyrrole nitrogens is 1. The average Bonchev–Trinajstić information content (AvgIpc) is 2.71. The van der Waals surface area contributed by atoms with Gasteiger partial charge in [-0.2, -0.15) is 13.2 Å². The van der Waals surface area contributed by atoms with Crippen LogP contribution in [0.5, 0.6) is 5.75 Å². The van der Waals surface area contributed by atoms with E-state index >= 15 is 0 Å². The maximum Gasteiger partial charge on any atom is 0.419 e. The minimum absolute atomic E-state index is 0.0294. The highest BCUT2D eigenvalue weighted by atomic mass is 19.4. The van der Waals surface area contributed by atoms with Crippen LogP contribution in [-0.4, -0.2) is 27.0 Å². The van der Waals surface area contributed by atoms with Crippen molar-refractivity contribution in [3.8, 4) is 5.75 Å². The maximum atomic E-state index is 14.2. The summed E-state index contributed by atoms with van der Waals surface area (Å²) in [6.45, 7) is 1.62. The second kappa shape index (κ2) is 7.26. The predicted octanol–water partition coefficient (Wildman–Crippen LogP) is 4.72. The number of anilines is 1. The highest BCUT2D eigenvalue weighted by Crippen LogP contribution is 2.55. The van der Waals surface area contributed by atoms with Gasteiger partial charge >= 0.3 is 6.18 Å². The van der Waals surface area contributed by atoms with Crippen LogP contribution in [0.1, 0.15) is 42.9 Å². The van der Waals surface area contributed by atoms with Crippen LogP contribution >= 0.6 is 0 Å². The number of hydrogen-bond donors (Lipinski definition) is 4. The molecule has 0 spiro atoms. The zero-order chi connectivity index (χ0) is 22.6. The second-order valence-corrected chi connectivity index (χ2v) is 7.80. The number of alkyl halides is 3. The van der Waals surface area contributed by atoms with Crippen molar-refractivity contribution in [2.45, 2.75) is 43.5 Å². The van der Waals surface area contributed by atoms with E-state index in [2.05, 4.69) is 10.3 Å². The lowest BCUT2D eigenvalue weighted by molar-refractivity contribution is -0.272. The van der Waals surface area contributed by atoms with Crippen LogP contribution in [0, 0.1) is 5.82 Å².